The topological polar surface area (TPSA) is 59.2 Å². The molecule has 8 heteroatoms. The van der Waals surface area contributed by atoms with Crippen LogP contribution in [0.15, 0.2) is 61.8 Å². The second kappa shape index (κ2) is 9.80. The SMILES string of the molecule is CCSc1nnc(SCC(=O)N(Cc2ccccc2)Cc2ccco2)s1. The quantitative estimate of drug-likeness (QED) is 0.486. The van der Waals surface area contributed by atoms with Gasteiger partial charge in [0.25, 0.3) is 0 Å². The predicted molar refractivity (Wildman–Crippen MR) is 106 cm³/mol. The maximum absolute atomic E-state index is 12.8. The Labute approximate surface area is 165 Å². The van der Waals surface area contributed by atoms with Gasteiger partial charge < -0.3 is 9.32 Å². The van der Waals surface area contributed by atoms with Crippen LogP contribution in [0.1, 0.15) is 18.2 Å². The van der Waals surface area contributed by atoms with E-state index in [4.69, 9.17) is 4.42 Å². The van der Waals surface area contributed by atoms with E-state index in [-0.39, 0.29) is 5.91 Å². The molecule has 3 rings (SSSR count). The first-order valence-electron chi connectivity index (χ1n) is 8.17. The second-order valence-corrected chi connectivity index (χ2v) is 9.08. The summed E-state index contributed by atoms with van der Waals surface area (Å²) in [6, 6.07) is 13.7. The predicted octanol–water partition coefficient (Wildman–Crippen LogP) is 4.56. The van der Waals surface area contributed by atoms with Crippen LogP contribution in [0.3, 0.4) is 0 Å². The van der Waals surface area contributed by atoms with Crippen molar-refractivity contribution in [2.75, 3.05) is 11.5 Å². The number of hydrogen-bond acceptors (Lipinski definition) is 7. The maximum Gasteiger partial charge on any atom is 0.233 e. The van der Waals surface area contributed by atoms with Crippen LogP contribution >= 0.6 is 34.9 Å². The molecule has 0 saturated heterocycles. The molecule has 0 bridgehead atoms. The van der Waals surface area contributed by atoms with Crippen molar-refractivity contribution in [1.29, 1.82) is 0 Å². The monoisotopic (exact) mass is 405 g/mol. The van der Waals surface area contributed by atoms with Gasteiger partial charge in [-0.3, -0.25) is 4.79 Å². The van der Waals surface area contributed by atoms with Crippen molar-refractivity contribution in [2.24, 2.45) is 0 Å². The van der Waals surface area contributed by atoms with Crippen molar-refractivity contribution in [1.82, 2.24) is 15.1 Å². The Morgan fingerprint density at radius 1 is 1.08 bits per heavy atom. The Balaban J connectivity index is 1.63. The molecule has 26 heavy (non-hydrogen) atoms. The minimum atomic E-state index is 0.0511. The maximum atomic E-state index is 12.8. The minimum Gasteiger partial charge on any atom is -0.467 e. The fraction of sp³-hybridized carbons (Fsp3) is 0.278. The van der Waals surface area contributed by atoms with Crippen LogP contribution in [0.4, 0.5) is 0 Å². The van der Waals surface area contributed by atoms with Crippen molar-refractivity contribution in [2.45, 2.75) is 28.7 Å². The summed E-state index contributed by atoms with van der Waals surface area (Å²) >= 11 is 4.64. The number of rotatable bonds is 9. The molecule has 0 spiro atoms. The van der Waals surface area contributed by atoms with E-state index < -0.39 is 0 Å². The lowest BCUT2D eigenvalue weighted by atomic mass is 10.2. The van der Waals surface area contributed by atoms with Gasteiger partial charge in [-0.05, 0) is 23.4 Å². The van der Waals surface area contributed by atoms with E-state index in [9.17, 15) is 4.79 Å². The van der Waals surface area contributed by atoms with E-state index in [0.717, 1.165) is 25.8 Å². The number of carbonyl (C=O) groups excluding carboxylic acids is 1. The Morgan fingerprint density at radius 3 is 2.54 bits per heavy atom. The van der Waals surface area contributed by atoms with Crippen LogP contribution in [0.2, 0.25) is 0 Å². The highest BCUT2D eigenvalue weighted by molar-refractivity contribution is 8.03. The van der Waals surface area contributed by atoms with Crippen molar-refractivity contribution < 1.29 is 9.21 Å². The number of aromatic nitrogens is 2. The molecule has 1 aromatic carbocycles. The molecule has 2 aromatic heterocycles. The zero-order valence-electron chi connectivity index (χ0n) is 14.3. The summed E-state index contributed by atoms with van der Waals surface area (Å²) < 4.78 is 7.19. The molecule has 0 saturated carbocycles. The van der Waals surface area contributed by atoms with Gasteiger partial charge in [-0.25, -0.2) is 0 Å². The highest BCUT2D eigenvalue weighted by Gasteiger charge is 2.17. The highest BCUT2D eigenvalue weighted by Crippen LogP contribution is 2.28. The van der Waals surface area contributed by atoms with Crippen LogP contribution in [0.5, 0.6) is 0 Å². The number of benzene rings is 1. The molecule has 3 aromatic rings. The molecule has 0 atom stereocenters. The van der Waals surface area contributed by atoms with E-state index in [0.29, 0.717) is 18.8 Å². The van der Waals surface area contributed by atoms with E-state index in [2.05, 4.69) is 17.1 Å². The summed E-state index contributed by atoms with van der Waals surface area (Å²) in [7, 11) is 0. The van der Waals surface area contributed by atoms with Crippen molar-refractivity contribution in [3.63, 3.8) is 0 Å². The third-order valence-corrected chi connectivity index (χ3v) is 6.53. The lowest BCUT2D eigenvalue weighted by Gasteiger charge is -2.21. The molecule has 5 nitrogen and oxygen atoms in total. The number of hydrogen-bond donors (Lipinski definition) is 0. The zero-order valence-corrected chi connectivity index (χ0v) is 16.8. The molecule has 2 heterocycles. The summed E-state index contributed by atoms with van der Waals surface area (Å²) in [6.07, 6.45) is 1.63. The molecule has 0 aliphatic heterocycles. The van der Waals surface area contributed by atoms with Crippen LogP contribution in [0, 0.1) is 0 Å². The number of thioether (sulfide) groups is 2. The molecule has 0 unspecified atom stereocenters. The smallest absolute Gasteiger partial charge is 0.233 e. The third-order valence-electron chi connectivity index (χ3n) is 3.47. The average molecular weight is 406 g/mol. The Kier molecular flexibility index (Phi) is 7.16. The first-order valence-corrected chi connectivity index (χ1v) is 11.0. The second-order valence-electron chi connectivity index (χ2n) is 5.37. The fourth-order valence-corrected chi connectivity index (χ4v) is 5.10. The minimum absolute atomic E-state index is 0.0511. The summed E-state index contributed by atoms with van der Waals surface area (Å²) in [6.45, 7) is 3.08. The number of amides is 1. The molecule has 0 N–H and O–H groups in total. The molecule has 0 fully saturated rings. The van der Waals surface area contributed by atoms with Crippen LogP contribution < -0.4 is 0 Å². The summed E-state index contributed by atoms with van der Waals surface area (Å²) in [4.78, 5) is 14.6. The van der Waals surface area contributed by atoms with Gasteiger partial charge in [-0.15, -0.1) is 10.2 Å². The Morgan fingerprint density at radius 2 is 1.85 bits per heavy atom. The molecule has 0 radical (unpaired) electrons. The molecular weight excluding hydrogens is 386 g/mol. The Hall–Kier alpha value is -1.77. The summed E-state index contributed by atoms with van der Waals surface area (Å²) in [5, 5.41) is 8.28. The van der Waals surface area contributed by atoms with Gasteiger partial charge in [0.15, 0.2) is 8.68 Å². The summed E-state index contributed by atoms with van der Waals surface area (Å²) in [5.41, 5.74) is 1.09. The Bertz CT molecular complexity index is 806. The van der Waals surface area contributed by atoms with E-state index >= 15 is 0 Å². The largest absolute Gasteiger partial charge is 0.467 e. The average Bonchev–Trinajstić information content (AvgIpc) is 3.32. The standard InChI is InChI=1S/C18H19N3O2S3/c1-2-24-17-19-20-18(26-17)25-13-16(22)21(12-15-9-6-10-23-15)11-14-7-4-3-5-8-14/h3-10H,2,11-13H2,1H3. The molecule has 136 valence electrons. The number of nitrogens with zero attached hydrogens (tertiary/aromatic N) is 3. The van der Waals surface area contributed by atoms with Crippen molar-refractivity contribution in [3.8, 4) is 0 Å². The fourth-order valence-electron chi connectivity index (χ4n) is 2.28. The third kappa shape index (κ3) is 5.62. The van der Waals surface area contributed by atoms with Gasteiger partial charge >= 0.3 is 0 Å². The van der Waals surface area contributed by atoms with Gasteiger partial charge in [0, 0.05) is 6.54 Å². The van der Waals surface area contributed by atoms with Crippen molar-refractivity contribution in [3.05, 3.63) is 60.1 Å². The van der Waals surface area contributed by atoms with E-state index in [1.807, 2.05) is 47.4 Å². The van der Waals surface area contributed by atoms with Crippen LogP contribution in [-0.2, 0) is 17.9 Å². The van der Waals surface area contributed by atoms with Gasteiger partial charge in [-0.2, -0.15) is 0 Å². The van der Waals surface area contributed by atoms with E-state index in [1.165, 1.54) is 23.1 Å². The highest BCUT2D eigenvalue weighted by atomic mass is 32.2. The molecule has 0 aliphatic rings. The van der Waals surface area contributed by atoms with Crippen LogP contribution in [-0.4, -0.2) is 32.5 Å². The first-order chi connectivity index (χ1) is 12.7. The van der Waals surface area contributed by atoms with Gasteiger partial charge in [0.1, 0.15) is 5.76 Å². The number of carbonyl (C=O) groups is 1. The van der Waals surface area contributed by atoms with Gasteiger partial charge in [-0.1, -0.05) is 72.1 Å². The molecular formula is C18H19N3O2S3. The molecule has 1 amide bonds. The lowest BCUT2D eigenvalue weighted by Crippen LogP contribution is -2.31. The van der Waals surface area contributed by atoms with E-state index in [1.54, 1.807) is 18.0 Å². The lowest BCUT2D eigenvalue weighted by molar-refractivity contribution is -0.129. The summed E-state index contributed by atoms with van der Waals surface area (Å²) in [5.74, 6) is 2.12. The van der Waals surface area contributed by atoms with Gasteiger partial charge in [0.05, 0.1) is 18.6 Å². The zero-order chi connectivity index (χ0) is 18.2. The first kappa shape index (κ1) is 19.0. The van der Waals surface area contributed by atoms with Crippen molar-refractivity contribution >= 4 is 40.8 Å². The number of furan rings is 1. The molecule has 0 aliphatic carbocycles. The van der Waals surface area contributed by atoms with Gasteiger partial charge in [0.2, 0.25) is 5.91 Å². The van der Waals surface area contributed by atoms with Crippen LogP contribution in [0.25, 0.3) is 0 Å². The normalized spacial score (nSPS) is 10.8.